The first kappa shape index (κ1) is 14.6. The number of halogens is 1. The van der Waals surface area contributed by atoms with E-state index in [1.807, 2.05) is 30.3 Å². The second kappa shape index (κ2) is 5.79. The summed E-state index contributed by atoms with van der Waals surface area (Å²) in [6.07, 6.45) is 1.64. The number of carbonyl (C=O) groups is 1. The molecular weight excluding hydrogens is 283 g/mol. The van der Waals surface area contributed by atoms with Gasteiger partial charge in [-0.25, -0.2) is 4.39 Å². The first-order chi connectivity index (χ1) is 10.6. The molecule has 0 atom stereocenters. The van der Waals surface area contributed by atoms with Gasteiger partial charge in [-0.2, -0.15) is 0 Å². The lowest BCUT2D eigenvalue weighted by molar-refractivity contribution is -0.137. The Balaban J connectivity index is 1.71. The highest BCUT2D eigenvalue weighted by Gasteiger charge is 2.46. The minimum absolute atomic E-state index is 0.0522. The van der Waals surface area contributed by atoms with Crippen molar-refractivity contribution in [1.29, 1.82) is 0 Å². The molecule has 3 rings (SSSR count). The van der Waals surface area contributed by atoms with Crippen LogP contribution in [0.2, 0.25) is 0 Å². The van der Waals surface area contributed by atoms with Gasteiger partial charge in [0.05, 0.1) is 6.42 Å². The van der Waals surface area contributed by atoms with Crippen LogP contribution in [0.4, 0.5) is 4.39 Å². The third kappa shape index (κ3) is 3.11. The molecule has 1 aliphatic carbocycles. The van der Waals surface area contributed by atoms with Gasteiger partial charge in [0.25, 0.3) is 0 Å². The van der Waals surface area contributed by atoms with Crippen LogP contribution in [0, 0.1) is 5.82 Å². The second-order valence-corrected chi connectivity index (χ2v) is 5.77. The molecule has 0 radical (unpaired) electrons. The molecule has 0 bridgehead atoms. The molecule has 1 aliphatic rings. The minimum Gasteiger partial charge on any atom is -0.486 e. The van der Waals surface area contributed by atoms with Gasteiger partial charge in [-0.3, -0.25) is 4.79 Å². The first-order valence-corrected chi connectivity index (χ1v) is 7.28. The fourth-order valence-electron chi connectivity index (χ4n) is 2.69. The Morgan fingerprint density at radius 1 is 1.18 bits per heavy atom. The second-order valence-electron chi connectivity index (χ2n) is 5.77. The third-order valence-corrected chi connectivity index (χ3v) is 4.12. The topological polar surface area (TPSA) is 46.5 Å². The number of ether oxygens (including phenoxy) is 1. The van der Waals surface area contributed by atoms with Crippen LogP contribution in [-0.4, -0.2) is 11.1 Å². The Morgan fingerprint density at radius 2 is 1.91 bits per heavy atom. The van der Waals surface area contributed by atoms with E-state index in [1.165, 1.54) is 6.07 Å². The lowest BCUT2D eigenvalue weighted by Gasteiger charge is -2.15. The third-order valence-electron chi connectivity index (χ3n) is 4.12. The van der Waals surface area contributed by atoms with E-state index in [-0.39, 0.29) is 17.6 Å². The van der Waals surface area contributed by atoms with Crippen LogP contribution in [0.3, 0.4) is 0 Å². The molecule has 2 aromatic rings. The van der Waals surface area contributed by atoms with Gasteiger partial charge >= 0.3 is 5.97 Å². The SMILES string of the molecule is O=C(O)CC1(c2ccc(OCc3ccccc3)c(F)c2)CC1. The quantitative estimate of drug-likeness (QED) is 0.879. The van der Waals surface area contributed by atoms with Crippen molar-refractivity contribution < 1.29 is 19.0 Å². The lowest BCUT2D eigenvalue weighted by atomic mass is 9.92. The Morgan fingerprint density at radius 3 is 2.50 bits per heavy atom. The molecule has 1 saturated carbocycles. The van der Waals surface area contributed by atoms with E-state index in [2.05, 4.69) is 0 Å². The average molecular weight is 300 g/mol. The Labute approximate surface area is 128 Å². The monoisotopic (exact) mass is 300 g/mol. The van der Waals surface area contributed by atoms with E-state index < -0.39 is 11.8 Å². The van der Waals surface area contributed by atoms with Crippen LogP contribution >= 0.6 is 0 Å². The van der Waals surface area contributed by atoms with E-state index in [1.54, 1.807) is 12.1 Å². The van der Waals surface area contributed by atoms with E-state index >= 15 is 0 Å². The predicted molar refractivity (Wildman–Crippen MR) is 80.3 cm³/mol. The number of hydrogen-bond acceptors (Lipinski definition) is 2. The van der Waals surface area contributed by atoms with Crippen LogP contribution in [0.25, 0.3) is 0 Å². The average Bonchev–Trinajstić information content (AvgIpc) is 3.27. The molecule has 22 heavy (non-hydrogen) atoms. The van der Waals surface area contributed by atoms with Crippen molar-refractivity contribution in [2.24, 2.45) is 0 Å². The predicted octanol–water partition coefficient (Wildman–Crippen LogP) is 3.91. The van der Waals surface area contributed by atoms with Gasteiger partial charge in [0.2, 0.25) is 0 Å². The van der Waals surface area contributed by atoms with Crippen LogP contribution in [0.15, 0.2) is 48.5 Å². The van der Waals surface area contributed by atoms with Gasteiger partial charge in [0, 0.05) is 5.41 Å². The van der Waals surface area contributed by atoms with Crippen molar-refractivity contribution in [3.8, 4) is 5.75 Å². The summed E-state index contributed by atoms with van der Waals surface area (Å²) in [4.78, 5) is 10.9. The van der Waals surface area contributed by atoms with Crippen molar-refractivity contribution in [3.63, 3.8) is 0 Å². The van der Waals surface area contributed by atoms with Crippen molar-refractivity contribution >= 4 is 5.97 Å². The maximum Gasteiger partial charge on any atom is 0.304 e. The molecule has 1 fully saturated rings. The minimum atomic E-state index is -0.845. The standard InChI is InChI=1S/C18H17FO3/c19-15-10-14(18(8-9-18)11-17(20)21)6-7-16(15)22-12-13-4-2-1-3-5-13/h1-7,10H,8-9,11-12H2,(H,20,21). The van der Waals surface area contributed by atoms with Crippen molar-refractivity contribution in [1.82, 2.24) is 0 Å². The summed E-state index contributed by atoms with van der Waals surface area (Å²) < 4.78 is 19.7. The zero-order valence-electron chi connectivity index (χ0n) is 12.1. The number of hydrogen-bond donors (Lipinski definition) is 1. The molecule has 0 spiro atoms. The van der Waals surface area contributed by atoms with Gasteiger partial charge in [0.15, 0.2) is 11.6 Å². The highest BCUT2D eigenvalue weighted by atomic mass is 19.1. The summed E-state index contributed by atoms with van der Waals surface area (Å²) in [6, 6.07) is 14.3. The summed E-state index contributed by atoms with van der Waals surface area (Å²) in [6.45, 7) is 0.303. The molecule has 0 saturated heterocycles. The summed E-state index contributed by atoms with van der Waals surface area (Å²) in [7, 11) is 0. The van der Waals surface area contributed by atoms with Gasteiger partial charge in [0.1, 0.15) is 6.61 Å². The molecule has 114 valence electrons. The number of carboxylic acid groups (broad SMARTS) is 1. The molecule has 0 heterocycles. The van der Waals surface area contributed by atoms with Crippen LogP contribution in [0.1, 0.15) is 30.4 Å². The van der Waals surface area contributed by atoms with Gasteiger partial charge < -0.3 is 9.84 Å². The van der Waals surface area contributed by atoms with Gasteiger partial charge in [-0.1, -0.05) is 36.4 Å². The lowest BCUT2D eigenvalue weighted by Crippen LogP contribution is -2.13. The molecule has 0 amide bonds. The Bertz CT molecular complexity index is 678. The van der Waals surface area contributed by atoms with Crippen LogP contribution in [0.5, 0.6) is 5.75 Å². The number of rotatable bonds is 6. The highest BCUT2D eigenvalue weighted by molar-refractivity contribution is 5.70. The highest BCUT2D eigenvalue weighted by Crippen LogP contribution is 2.51. The number of benzene rings is 2. The fraction of sp³-hybridized carbons (Fsp3) is 0.278. The molecular formula is C18H17FO3. The fourth-order valence-corrected chi connectivity index (χ4v) is 2.69. The molecule has 1 N–H and O–H groups in total. The normalized spacial score (nSPS) is 15.3. The molecule has 0 unspecified atom stereocenters. The molecule has 3 nitrogen and oxygen atoms in total. The molecule has 0 aliphatic heterocycles. The molecule has 2 aromatic carbocycles. The van der Waals surface area contributed by atoms with Crippen LogP contribution in [-0.2, 0) is 16.8 Å². The summed E-state index contributed by atoms with van der Waals surface area (Å²) in [5.74, 6) is -1.09. The zero-order valence-corrected chi connectivity index (χ0v) is 12.1. The zero-order chi connectivity index (χ0) is 15.6. The van der Waals surface area contributed by atoms with Crippen molar-refractivity contribution in [2.45, 2.75) is 31.3 Å². The number of carboxylic acids is 1. The van der Waals surface area contributed by atoms with Crippen LogP contribution < -0.4 is 4.74 Å². The van der Waals surface area contributed by atoms with E-state index in [4.69, 9.17) is 9.84 Å². The maximum atomic E-state index is 14.2. The largest absolute Gasteiger partial charge is 0.486 e. The summed E-state index contributed by atoms with van der Waals surface area (Å²) >= 11 is 0. The Hall–Kier alpha value is -2.36. The number of aliphatic carboxylic acids is 1. The summed E-state index contributed by atoms with van der Waals surface area (Å²) in [5.41, 5.74) is 1.33. The van der Waals surface area contributed by atoms with Crippen molar-refractivity contribution in [2.75, 3.05) is 0 Å². The maximum absolute atomic E-state index is 14.2. The van der Waals surface area contributed by atoms with Gasteiger partial charge in [-0.15, -0.1) is 0 Å². The Kier molecular flexibility index (Phi) is 3.84. The van der Waals surface area contributed by atoms with Gasteiger partial charge in [-0.05, 0) is 36.1 Å². The molecule has 0 aromatic heterocycles. The van der Waals surface area contributed by atoms with E-state index in [0.29, 0.717) is 6.61 Å². The first-order valence-electron chi connectivity index (χ1n) is 7.28. The van der Waals surface area contributed by atoms with E-state index in [9.17, 15) is 9.18 Å². The molecule has 4 heteroatoms. The van der Waals surface area contributed by atoms with Crippen molar-refractivity contribution in [3.05, 3.63) is 65.5 Å². The summed E-state index contributed by atoms with van der Waals surface area (Å²) in [5, 5.41) is 8.97. The smallest absolute Gasteiger partial charge is 0.304 e. The van der Waals surface area contributed by atoms with E-state index in [0.717, 1.165) is 24.0 Å².